The Kier molecular flexibility index (Phi) is 6.37. The van der Waals surface area contributed by atoms with E-state index in [0.29, 0.717) is 12.5 Å². The quantitative estimate of drug-likeness (QED) is 0.530. The molecule has 0 unspecified atom stereocenters. The minimum Gasteiger partial charge on any atom is -0.497 e. The van der Waals surface area contributed by atoms with Gasteiger partial charge in [-0.05, 0) is 43.4 Å². The fourth-order valence-electron chi connectivity index (χ4n) is 3.07. The Morgan fingerprint density at radius 3 is 2.56 bits per heavy atom. The summed E-state index contributed by atoms with van der Waals surface area (Å²) in [7, 11) is 1.70. The lowest BCUT2D eigenvalue weighted by atomic mass is 9.96. The normalized spacial score (nSPS) is 15.7. The molecule has 1 saturated carbocycles. The summed E-state index contributed by atoms with van der Waals surface area (Å²) in [5.74, 6) is 2.23. The average molecular weight is 387 g/mol. The van der Waals surface area contributed by atoms with Crippen molar-refractivity contribution in [1.82, 2.24) is 15.6 Å². The first-order valence-electron chi connectivity index (χ1n) is 9.67. The lowest BCUT2D eigenvalue weighted by Gasteiger charge is -2.19. The van der Waals surface area contributed by atoms with E-state index in [1.807, 2.05) is 12.1 Å². The maximum atomic E-state index is 5.27. The number of aliphatic imine (C=N–C) groups is 1. The van der Waals surface area contributed by atoms with Crippen LogP contribution in [-0.2, 0) is 12.0 Å². The van der Waals surface area contributed by atoms with Gasteiger partial charge < -0.3 is 15.4 Å². The van der Waals surface area contributed by atoms with E-state index in [1.165, 1.54) is 18.4 Å². The zero-order valence-corrected chi connectivity index (χ0v) is 17.5. The van der Waals surface area contributed by atoms with Crippen LogP contribution in [0.4, 0.5) is 0 Å². The molecule has 5 nitrogen and oxygen atoms in total. The number of benzene rings is 1. The van der Waals surface area contributed by atoms with Crippen LogP contribution >= 0.6 is 11.3 Å². The van der Waals surface area contributed by atoms with E-state index in [-0.39, 0.29) is 5.41 Å². The zero-order chi connectivity index (χ0) is 19.3. The summed E-state index contributed by atoms with van der Waals surface area (Å²) in [5.41, 5.74) is 2.74. The molecule has 1 fully saturated rings. The van der Waals surface area contributed by atoms with Gasteiger partial charge in [0, 0.05) is 23.9 Å². The minimum absolute atomic E-state index is 0.217. The predicted molar refractivity (Wildman–Crippen MR) is 113 cm³/mol. The monoisotopic (exact) mass is 386 g/mol. The van der Waals surface area contributed by atoms with Crippen LogP contribution in [0.15, 0.2) is 34.6 Å². The van der Waals surface area contributed by atoms with E-state index < -0.39 is 0 Å². The lowest BCUT2D eigenvalue weighted by Crippen LogP contribution is -2.41. The largest absolute Gasteiger partial charge is 0.497 e. The predicted octanol–water partition coefficient (Wildman–Crippen LogP) is 4.06. The van der Waals surface area contributed by atoms with Gasteiger partial charge in [-0.15, -0.1) is 11.3 Å². The van der Waals surface area contributed by atoms with E-state index in [0.717, 1.165) is 35.5 Å². The van der Waals surface area contributed by atoms with E-state index >= 15 is 0 Å². The summed E-state index contributed by atoms with van der Waals surface area (Å²) in [6.45, 7) is 8.77. The number of hydrogen-bond acceptors (Lipinski definition) is 4. The lowest BCUT2D eigenvalue weighted by molar-refractivity contribution is 0.414. The molecule has 2 aromatic rings. The molecule has 1 aliphatic rings. The summed E-state index contributed by atoms with van der Waals surface area (Å²) < 4.78 is 5.27. The molecule has 2 N–H and O–H groups in total. The maximum absolute atomic E-state index is 5.27. The number of guanidine groups is 1. The highest BCUT2D eigenvalue weighted by Gasteiger charge is 2.44. The molecular weight excluding hydrogens is 356 g/mol. The first-order valence-corrected chi connectivity index (χ1v) is 10.6. The standard InChI is InChI=1S/C21H30N4OS/c1-5-22-20(23-12-19-25-18(13-27-19)15(2)3)24-14-21(10-11-21)16-6-8-17(26-4)9-7-16/h6-9,13,15H,5,10-12,14H2,1-4H3,(H2,22,23,24). The van der Waals surface area contributed by atoms with Crippen LogP contribution in [-0.4, -0.2) is 31.1 Å². The summed E-state index contributed by atoms with van der Waals surface area (Å²) in [5, 5.41) is 10.1. The molecule has 0 saturated heterocycles. The number of nitrogens with one attached hydrogen (secondary N) is 2. The molecule has 0 aliphatic heterocycles. The van der Waals surface area contributed by atoms with Gasteiger partial charge >= 0.3 is 0 Å². The number of aromatic nitrogens is 1. The molecule has 1 aromatic carbocycles. The third-order valence-electron chi connectivity index (χ3n) is 5.03. The van der Waals surface area contributed by atoms with Gasteiger partial charge in [0.1, 0.15) is 10.8 Å². The van der Waals surface area contributed by atoms with Crippen molar-refractivity contribution in [3.63, 3.8) is 0 Å². The van der Waals surface area contributed by atoms with Crippen LogP contribution in [0.5, 0.6) is 5.75 Å². The zero-order valence-electron chi connectivity index (χ0n) is 16.7. The molecule has 6 heteroatoms. The van der Waals surface area contributed by atoms with Gasteiger partial charge in [0.25, 0.3) is 0 Å². The second-order valence-electron chi connectivity index (χ2n) is 7.38. The van der Waals surface area contributed by atoms with Crippen LogP contribution in [0.1, 0.15) is 55.8 Å². The Bertz CT molecular complexity index is 763. The van der Waals surface area contributed by atoms with E-state index in [9.17, 15) is 0 Å². The van der Waals surface area contributed by atoms with E-state index in [2.05, 4.69) is 53.9 Å². The summed E-state index contributed by atoms with van der Waals surface area (Å²) in [6.07, 6.45) is 2.41. The van der Waals surface area contributed by atoms with Crippen molar-refractivity contribution >= 4 is 17.3 Å². The topological polar surface area (TPSA) is 58.5 Å². The second kappa shape index (κ2) is 8.74. The van der Waals surface area contributed by atoms with Gasteiger partial charge in [0.05, 0.1) is 19.3 Å². The molecule has 1 aliphatic carbocycles. The van der Waals surface area contributed by atoms with Gasteiger partial charge in [-0.2, -0.15) is 0 Å². The van der Waals surface area contributed by atoms with Gasteiger partial charge in [-0.1, -0.05) is 26.0 Å². The number of ether oxygens (including phenoxy) is 1. The van der Waals surface area contributed by atoms with Gasteiger partial charge in [0.15, 0.2) is 5.96 Å². The molecular formula is C21H30N4OS. The Balaban J connectivity index is 1.61. The van der Waals surface area contributed by atoms with Gasteiger partial charge in [-0.3, -0.25) is 0 Å². The minimum atomic E-state index is 0.217. The molecule has 0 bridgehead atoms. The van der Waals surface area contributed by atoms with Gasteiger partial charge in [-0.25, -0.2) is 9.98 Å². The summed E-state index contributed by atoms with van der Waals surface area (Å²) >= 11 is 1.69. The molecule has 0 amide bonds. The highest BCUT2D eigenvalue weighted by molar-refractivity contribution is 7.09. The third-order valence-corrected chi connectivity index (χ3v) is 5.88. The first-order chi connectivity index (χ1) is 13.1. The maximum Gasteiger partial charge on any atom is 0.191 e. The molecule has 0 spiro atoms. The van der Waals surface area contributed by atoms with Crippen molar-refractivity contribution in [3.05, 3.63) is 45.9 Å². The SMILES string of the molecule is CCNC(=NCc1nc(C(C)C)cs1)NCC1(c2ccc(OC)cc2)CC1. The molecule has 27 heavy (non-hydrogen) atoms. The molecule has 1 aromatic heterocycles. The number of rotatable bonds is 8. The van der Waals surface area contributed by atoms with Crippen LogP contribution in [0.2, 0.25) is 0 Å². The Morgan fingerprint density at radius 2 is 2.00 bits per heavy atom. The second-order valence-corrected chi connectivity index (χ2v) is 8.32. The number of hydrogen-bond donors (Lipinski definition) is 2. The smallest absolute Gasteiger partial charge is 0.191 e. The average Bonchev–Trinajstić information content (AvgIpc) is 3.32. The van der Waals surface area contributed by atoms with Crippen molar-refractivity contribution in [2.75, 3.05) is 20.2 Å². The first kappa shape index (κ1) is 19.7. The van der Waals surface area contributed by atoms with Crippen LogP contribution in [0, 0.1) is 0 Å². The summed E-state index contributed by atoms with van der Waals surface area (Å²) in [6, 6.07) is 8.45. The number of nitrogens with zero attached hydrogens (tertiary/aromatic N) is 2. The van der Waals surface area contributed by atoms with Crippen LogP contribution in [0.3, 0.4) is 0 Å². The Hall–Kier alpha value is -2.08. The van der Waals surface area contributed by atoms with Crippen LogP contribution < -0.4 is 15.4 Å². The van der Waals surface area contributed by atoms with Crippen molar-refractivity contribution < 1.29 is 4.74 Å². The molecule has 3 rings (SSSR count). The fraction of sp³-hybridized carbons (Fsp3) is 0.524. The number of thiazole rings is 1. The molecule has 0 atom stereocenters. The highest BCUT2D eigenvalue weighted by atomic mass is 32.1. The van der Waals surface area contributed by atoms with E-state index in [4.69, 9.17) is 9.73 Å². The molecule has 1 heterocycles. The Labute approximate surface area is 166 Å². The van der Waals surface area contributed by atoms with Crippen molar-refractivity contribution in [2.45, 2.75) is 51.5 Å². The fourth-order valence-corrected chi connectivity index (χ4v) is 3.95. The number of methoxy groups -OCH3 is 1. The summed E-state index contributed by atoms with van der Waals surface area (Å²) in [4.78, 5) is 9.40. The molecule has 0 radical (unpaired) electrons. The van der Waals surface area contributed by atoms with Crippen molar-refractivity contribution in [3.8, 4) is 5.75 Å². The van der Waals surface area contributed by atoms with Crippen molar-refractivity contribution in [2.24, 2.45) is 4.99 Å². The van der Waals surface area contributed by atoms with Crippen LogP contribution in [0.25, 0.3) is 0 Å². The van der Waals surface area contributed by atoms with E-state index in [1.54, 1.807) is 18.4 Å². The van der Waals surface area contributed by atoms with Gasteiger partial charge in [0.2, 0.25) is 0 Å². The molecule has 146 valence electrons. The third kappa shape index (κ3) is 5.01. The highest BCUT2D eigenvalue weighted by Crippen LogP contribution is 2.47. The Morgan fingerprint density at radius 1 is 1.26 bits per heavy atom. The van der Waals surface area contributed by atoms with Crippen molar-refractivity contribution in [1.29, 1.82) is 0 Å².